The van der Waals surface area contributed by atoms with Crippen molar-refractivity contribution in [3.05, 3.63) is 29.8 Å². The van der Waals surface area contributed by atoms with E-state index < -0.39 is 0 Å². The molecule has 0 saturated carbocycles. The fraction of sp³-hybridized carbons (Fsp3) is 0.682. The van der Waals surface area contributed by atoms with Gasteiger partial charge in [-0.1, -0.05) is 26.0 Å². The van der Waals surface area contributed by atoms with Crippen LogP contribution in [-0.4, -0.2) is 57.2 Å². The molecule has 2 atom stereocenters. The van der Waals surface area contributed by atoms with E-state index in [2.05, 4.69) is 48.4 Å². The van der Waals surface area contributed by atoms with Crippen LogP contribution in [0.3, 0.4) is 0 Å². The minimum absolute atomic E-state index is 0.503. The molecule has 1 aliphatic heterocycles. The Labute approximate surface area is 165 Å². The highest BCUT2D eigenvalue weighted by Crippen LogP contribution is 2.21. The lowest BCUT2D eigenvalue weighted by Crippen LogP contribution is -2.38. The van der Waals surface area contributed by atoms with Crippen LogP contribution in [-0.2, 0) is 0 Å². The van der Waals surface area contributed by atoms with E-state index in [9.17, 15) is 0 Å². The molecule has 0 aromatic heterocycles. The van der Waals surface area contributed by atoms with Gasteiger partial charge in [0.2, 0.25) is 0 Å². The molecule has 5 heteroatoms. The zero-order valence-corrected chi connectivity index (χ0v) is 17.6. The van der Waals surface area contributed by atoms with E-state index in [4.69, 9.17) is 9.73 Å². The zero-order valence-electron chi connectivity index (χ0n) is 17.6. The second-order valence-corrected chi connectivity index (χ2v) is 7.56. The molecule has 0 spiro atoms. The molecule has 27 heavy (non-hydrogen) atoms. The van der Waals surface area contributed by atoms with E-state index in [-0.39, 0.29) is 0 Å². The third-order valence-corrected chi connectivity index (χ3v) is 5.32. The Morgan fingerprint density at radius 1 is 1.26 bits per heavy atom. The van der Waals surface area contributed by atoms with Gasteiger partial charge in [-0.2, -0.15) is 0 Å². The highest BCUT2D eigenvalue weighted by atomic mass is 16.5. The Balaban J connectivity index is 1.76. The zero-order chi connectivity index (χ0) is 19.5. The topological polar surface area (TPSA) is 48.9 Å². The maximum atomic E-state index is 5.24. The summed E-state index contributed by atoms with van der Waals surface area (Å²) in [6, 6.07) is 8.39. The monoisotopic (exact) mass is 374 g/mol. The summed E-state index contributed by atoms with van der Waals surface area (Å²) in [5.41, 5.74) is 1.35. The summed E-state index contributed by atoms with van der Waals surface area (Å²) in [4.78, 5) is 7.40. The van der Waals surface area contributed by atoms with Crippen LogP contribution >= 0.6 is 0 Å². The molecule has 0 radical (unpaired) electrons. The average Bonchev–Trinajstić information content (AvgIpc) is 3.14. The molecule has 5 nitrogen and oxygen atoms in total. The second kappa shape index (κ2) is 11.9. The van der Waals surface area contributed by atoms with Gasteiger partial charge >= 0.3 is 0 Å². The fourth-order valence-corrected chi connectivity index (χ4v) is 3.65. The number of nitrogens with one attached hydrogen (secondary N) is 2. The van der Waals surface area contributed by atoms with Crippen LogP contribution in [0.1, 0.15) is 51.5 Å². The van der Waals surface area contributed by atoms with Crippen LogP contribution in [0.15, 0.2) is 29.3 Å². The van der Waals surface area contributed by atoms with Gasteiger partial charge in [0, 0.05) is 26.2 Å². The molecule has 1 fully saturated rings. The van der Waals surface area contributed by atoms with Gasteiger partial charge in [0.15, 0.2) is 5.96 Å². The van der Waals surface area contributed by atoms with Crippen molar-refractivity contribution >= 4 is 5.96 Å². The van der Waals surface area contributed by atoms with Gasteiger partial charge in [0.1, 0.15) is 5.75 Å². The number of aliphatic imine (C=N–C) groups is 1. The van der Waals surface area contributed by atoms with E-state index in [1.165, 1.54) is 38.0 Å². The standard InChI is InChI=1S/C22H38N4O/c1-5-14-26-15-12-19(17-26)16-25-22(23-6-2)24-13-11-18(3)20-7-9-21(27-4)10-8-20/h7-10,18-19H,5-6,11-17H2,1-4H3,(H2,23,24,25). The lowest BCUT2D eigenvalue weighted by Gasteiger charge is -2.16. The molecular formula is C22H38N4O. The van der Waals surface area contributed by atoms with Gasteiger partial charge in [-0.05, 0) is 68.8 Å². The van der Waals surface area contributed by atoms with Gasteiger partial charge in [-0.3, -0.25) is 4.99 Å². The number of guanidine groups is 1. The normalized spacial score (nSPS) is 19.1. The fourth-order valence-electron chi connectivity index (χ4n) is 3.65. The van der Waals surface area contributed by atoms with Crippen molar-refractivity contribution in [2.75, 3.05) is 46.4 Å². The smallest absolute Gasteiger partial charge is 0.191 e. The molecule has 1 aliphatic rings. The molecule has 2 N–H and O–H groups in total. The predicted octanol–water partition coefficient (Wildman–Crippen LogP) is 3.48. The second-order valence-electron chi connectivity index (χ2n) is 7.56. The highest BCUT2D eigenvalue weighted by Gasteiger charge is 2.21. The third kappa shape index (κ3) is 7.41. The first-order chi connectivity index (χ1) is 13.2. The van der Waals surface area contributed by atoms with E-state index >= 15 is 0 Å². The van der Waals surface area contributed by atoms with E-state index in [1.807, 2.05) is 12.1 Å². The number of ether oxygens (including phenoxy) is 1. The Kier molecular flexibility index (Phi) is 9.46. The van der Waals surface area contributed by atoms with Crippen molar-refractivity contribution in [1.82, 2.24) is 15.5 Å². The van der Waals surface area contributed by atoms with Crippen molar-refractivity contribution in [2.24, 2.45) is 10.9 Å². The summed E-state index contributed by atoms with van der Waals surface area (Å²) in [6.45, 7) is 13.0. The lowest BCUT2D eigenvalue weighted by atomic mass is 9.98. The lowest BCUT2D eigenvalue weighted by molar-refractivity contribution is 0.326. The summed E-state index contributed by atoms with van der Waals surface area (Å²) >= 11 is 0. The molecule has 2 unspecified atom stereocenters. The molecule has 1 aromatic carbocycles. The molecule has 2 rings (SSSR count). The number of benzene rings is 1. The maximum absolute atomic E-state index is 5.24. The summed E-state index contributed by atoms with van der Waals surface area (Å²) in [7, 11) is 1.71. The van der Waals surface area contributed by atoms with Crippen LogP contribution in [0.5, 0.6) is 5.75 Å². The number of methoxy groups -OCH3 is 1. The van der Waals surface area contributed by atoms with Gasteiger partial charge in [-0.25, -0.2) is 0 Å². The largest absolute Gasteiger partial charge is 0.497 e. The Bertz CT molecular complexity index is 558. The predicted molar refractivity (Wildman–Crippen MR) is 115 cm³/mol. The summed E-state index contributed by atoms with van der Waals surface area (Å²) < 4.78 is 5.24. The molecule has 1 heterocycles. The van der Waals surface area contributed by atoms with Gasteiger partial charge in [-0.15, -0.1) is 0 Å². The molecule has 1 aromatic rings. The third-order valence-electron chi connectivity index (χ3n) is 5.32. The van der Waals surface area contributed by atoms with Crippen LogP contribution < -0.4 is 15.4 Å². The minimum atomic E-state index is 0.503. The Morgan fingerprint density at radius 2 is 2.04 bits per heavy atom. The quantitative estimate of drug-likeness (QED) is 0.486. The maximum Gasteiger partial charge on any atom is 0.191 e. The Morgan fingerprint density at radius 3 is 2.70 bits per heavy atom. The van der Waals surface area contributed by atoms with Crippen LogP contribution in [0.4, 0.5) is 0 Å². The first-order valence-corrected chi connectivity index (χ1v) is 10.5. The van der Waals surface area contributed by atoms with Crippen LogP contribution in [0, 0.1) is 5.92 Å². The molecule has 0 aliphatic carbocycles. The van der Waals surface area contributed by atoms with Crippen molar-refractivity contribution in [1.29, 1.82) is 0 Å². The number of hydrogen-bond donors (Lipinski definition) is 2. The van der Waals surface area contributed by atoms with Gasteiger partial charge in [0.25, 0.3) is 0 Å². The van der Waals surface area contributed by atoms with Crippen LogP contribution in [0.2, 0.25) is 0 Å². The van der Waals surface area contributed by atoms with E-state index in [1.54, 1.807) is 7.11 Å². The van der Waals surface area contributed by atoms with Crippen molar-refractivity contribution in [3.8, 4) is 5.75 Å². The van der Waals surface area contributed by atoms with Crippen molar-refractivity contribution in [2.45, 2.75) is 46.0 Å². The summed E-state index contributed by atoms with van der Waals surface area (Å²) in [6.07, 6.45) is 3.59. The van der Waals surface area contributed by atoms with Crippen LogP contribution in [0.25, 0.3) is 0 Å². The molecular weight excluding hydrogens is 336 g/mol. The molecule has 152 valence electrons. The highest BCUT2D eigenvalue weighted by molar-refractivity contribution is 5.79. The van der Waals surface area contributed by atoms with E-state index in [0.29, 0.717) is 11.8 Å². The van der Waals surface area contributed by atoms with Gasteiger partial charge in [0.05, 0.1) is 7.11 Å². The van der Waals surface area contributed by atoms with Crippen molar-refractivity contribution < 1.29 is 4.74 Å². The molecule has 0 amide bonds. The first kappa shape index (κ1) is 21.5. The number of hydrogen-bond acceptors (Lipinski definition) is 3. The SMILES string of the molecule is CCCN1CCC(CN=C(NCC)NCCC(C)c2ccc(OC)cc2)C1. The van der Waals surface area contributed by atoms with Gasteiger partial charge < -0.3 is 20.3 Å². The first-order valence-electron chi connectivity index (χ1n) is 10.5. The number of nitrogens with zero attached hydrogens (tertiary/aromatic N) is 2. The number of likely N-dealkylation sites (tertiary alicyclic amines) is 1. The average molecular weight is 375 g/mol. The summed E-state index contributed by atoms with van der Waals surface area (Å²) in [5.74, 6) is 3.07. The Hall–Kier alpha value is -1.75. The minimum Gasteiger partial charge on any atom is -0.497 e. The molecule has 1 saturated heterocycles. The number of rotatable bonds is 10. The summed E-state index contributed by atoms with van der Waals surface area (Å²) in [5, 5.41) is 6.89. The molecule has 0 bridgehead atoms. The van der Waals surface area contributed by atoms with E-state index in [0.717, 1.165) is 37.8 Å². The van der Waals surface area contributed by atoms with Crippen molar-refractivity contribution in [3.63, 3.8) is 0 Å².